The number of nitrogens with two attached hydrogens (primary N) is 1. The number of hydrogen-bond donors (Lipinski definition) is 3. The van der Waals surface area contributed by atoms with E-state index in [0.717, 1.165) is 11.4 Å². The van der Waals surface area contributed by atoms with Crippen LogP contribution in [-0.4, -0.2) is 26.1 Å². The third kappa shape index (κ3) is 5.68. The molecule has 0 fully saturated rings. The van der Waals surface area contributed by atoms with E-state index < -0.39 is 0 Å². The highest BCUT2D eigenvalue weighted by molar-refractivity contribution is 7.99. The van der Waals surface area contributed by atoms with Gasteiger partial charge in [0.05, 0.1) is 11.0 Å². The van der Waals surface area contributed by atoms with Gasteiger partial charge in [-0.05, 0) is 38.1 Å². The second-order valence-corrected chi connectivity index (χ2v) is 7.56. The van der Waals surface area contributed by atoms with E-state index in [1.54, 1.807) is 0 Å². The maximum atomic E-state index is 12.3. The summed E-state index contributed by atoms with van der Waals surface area (Å²) >= 11 is 1.43. The number of benzene rings is 2. The summed E-state index contributed by atoms with van der Waals surface area (Å²) in [5.74, 6) is 1.41. The molecule has 0 aliphatic rings. The fourth-order valence-corrected chi connectivity index (χ4v) is 3.10. The van der Waals surface area contributed by atoms with Crippen molar-refractivity contribution >= 4 is 40.9 Å². The zero-order chi connectivity index (χ0) is 19.9. The third-order valence-electron chi connectivity index (χ3n) is 3.88. The number of nitrogens with zero attached hydrogens (tertiary/aromatic N) is 3. The zero-order valence-corrected chi connectivity index (χ0v) is 16.5. The molecule has 1 amide bonds. The van der Waals surface area contributed by atoms with Gasteiger partial charge in [-0.25, -0.2) is 0 Å². The Morgan fingerprint density at radius 3 is 2.46 bits per heavy atom. The average Bonchev–Trinajstić information content (AvgIpc) is 2.68. The molecule has 0 bridgehead atoms. The predicted octanol–water partition coefficient (Wildman–Crippen LogP) is 3.77. The van der Waals surface area contributed by atoms with Crippen LogP contribution in [0.25, 0.3) is 0 Å². The number of hydrogen-bond acceptors (Lipinski definition) is 7. The summed E-state index contributed by atoms with van der Waals surface area (Å²) in [7, 11) is 0. The van der Waals surface area contributed by atoms with Crippen LogP contribution in [0.2, 0.25) is 0 Å². The third-order valence-corrected chi connectivity index (χ3v) is 5.02. The van der Waals surface area contributed by atoms with Crippen molar-refractivity contribution in [2.45, 2.75) is 24.9 Å². The monoisotopic (exact) mass is 394 g/mol. The molecule has 2 aromatic carbocycles. The molecule has 3 rings (SSSR count). The predicted molar refractivity (Wildman–Crippen MR) is 115 cm³/mol. The highest BCUT2D eigenvalue weighted by Crippen LogP contribution is 2.20. The van der Waals surface area contributed by atoms with Crippen molar-refractivity contribution < 1.29 is 4.79 Å². The van der Waals surface area contributed by atoms with Gasteiger partial charge in [0.25, 0.3) is 0 Å². The Morgan fingerprint density at radius 2 is 1.75 bits per heavy atom. The first-order chi connectivity index (χ1) is 13.5. The maximum Gasteiger partial charge on any atom is 0.237 e. The van der Waals surface area contributed by atoms with Crippen LogP contribution in [0, 0.1) is 6.92 Å². The van der Waals surface area contributed by atoms with Gasteiger partial charge in [0, 0.05) is 11.4 Å². The molecule has 8 heteroatoms. The van der Waals surface area contributed by atoms with E-state index in [-0.39, 0.29) is 17.1 Å². The van der Waals surface area contributed by atoms with E-state index in [1.807, 2.05) is 68.4 Å². The van der Waals surface area contributed by atoms with Crippen molar-refractivity contribution in [3.05, 3.63) is 66.0 Å². The number of rotatable bonds is 7. The number of amides is 1. The fourth-order valence-electron chi connectivity index (χ4n) is 2.37. The SMILES string of the molecule is Cc1ccc(Nc2nc(N)nc(CSC(C)C(=O)Nc3ccccc3)n2)cc1. The van der Waals surface area contributed by atoms with E-state index in [4.69, 9.17) is 5.73 Å². The quantitative estimate of drug-likeness (QED) is 0.560. The van der Waals surface area contributed by atoms with Crippen LogP contribution in [0.15, 0.2) is 54.6 Å². The molecule has 1 aromatic heterocycles. The Kier molecular flexibility index (Phi) is 6.44. The molecule has 3 aromatic rings. The van der Waals surface area contributed by atoms with Crippen molar-refractivity contribution in [2.75, 3.05) is 16.4 Å². The van der Waals surface area contributed by atoms with E-state index in [0.29, 0.717) is 17.5 Å². The minimum absolute atomic E-state index is 0.0729. The summed E-state index contributed by atoms with van der Waals surface area (Å²) in [5.41, 5.74) is 8.62. The van der Waals surface area contributed by atoms with Crippen LogP contribution < -0.4 is 16.4 Å². The number of aryl methyl sites for hydroxylation is 1. The highest BCUT2D eigenvalue weighted by atomic mass is 32.2. The van der Waals surface area contributed by atoms with Crippen molar-refractivity contribution in [1.82, 2.24) is 15.0 Å². The van der Waals surface area contributed by atoms with Gasteiger partial charge in [-0.1, -0.05) is 35.9 Å². The topological polar surface area (TPSA) is 106 Å². The largest absolute Gasteiger partial charge is 0.368 e. The minimum atomic E-state index is -0.272. The first-order valence-corrected chi connectivity index (χ1v) is 9.86. The number of para-hydroxylation sites is 1. The lowest BCUT2D eigenvalue weighted by Crippen LogP contribution is -2.22. The Balaban J connectivity index is 1.59. The van der Waals surface area contributed by atoms with Crippen molar-refractivity contribution in [2.24, 2.45) is 0 Å². The first-order valence-electron chi connectivity index (χ1n) is 8.81. The van der Waals surface area contributed by atoms with E-state index >= 15 is 0 Å². The van der Waals surface area contributed by atoms with Crippen LogP contribution in [0.1, 0.15) is 18.3 Å². The minimum Gasteiger partial charge on any atom is -0.368 e. The van der Waals surface area contributed by atoms with Gasteiger partial charge in [-0.15, -0.1) is 11.8 Å². The van der Waals surface area contributed by atoms with E-state index in [9.17, 15) is 4.79 Å². The molecule has 0 aliphatic heterocycles. The molecule has 0 saturated carbocycles. The number of aromatic nitrogens is 3. The summed E-state index contributed by atoms with van der Waals surface area (Å²) < 4.78 is 0. The zero-order valence-electron chi connectivity index (χ0n) is 15.7. The Bertz CT molecular complexity index is 933. The fraction of sp³-hybridized carbons (Fsp3) is 0.200. The molecule has 0 spiro atoms. The molecule has 0 aliphatic carbocycles. The van der Waals surface area contributed by atoms with Crippen LogP contribution in [0.5, 0.6) is 0 Å². The summed E-state index contributed by atoms with van der Waals surface area (Å²) in [6, 6.07) is 17.2. The van der Waals surface area contributed by atoms with Crippen molar-refractivity contribution in [3.63, 3.8) is 0 Å². The highest BCUT2D eigenvalue weighted by Gasteiger charge is 2.15. The number of carbonyl (C=O) groups is 1. The molecule has 0 saturated heterocycles. The molecule has 1 unspecified atom stereocenters. The van der Waals surface area contributed by atoms with Crippen LogP contribution >= 0.6 is 11.8 Å². The van der Waals surface area contributed by atoms with Gasteiger partial charge in [-0.2, -0.15) is 15.0 Å². The average molecular weight is 395 g/mol. The lowest BCUT2D eigenvalue weighted by molar-refractivity contribution is -0.115. The van der Waals surface area contributed by atoms with Gasteiger partial charge in [0.1, 0.15) is 5.82 Å². The summed E-state index contributed by atoms with van der Waals surface area (Å²) in [6.07, 6.45) is 0. The normalized spacial score (nSPS) is 11.6. The molecule has 1 atom stereocenters. The molecule has 28 heavy (non-hydrogen) atoms. The first kappa shape index (κ1) is 19.6. The molecule has 7 nitrogen and oxygen atoms in total. The maximum absolute atomic E-state index is 12.3. The van der Waals surface area contributed by atoms with Crippen molar-refractivity contribution in [1.29, 1.82) is 0 Å². The van der Waals surface area contributed by atoms with Gasteiger partial charge in [-0.3, -0.25) is 4.79 Å². The van der Waals surface area contributed by atoms with Gasteiger partial charge < -0.3 is 16.4 Å². The summed E-state index contributed by atoms with van der Waals surface area (Å²) in [4.78, 5) is 25.0. The smallest absolute Gasteiger partial charge is 0.237 e. The molecular formula is C20H22N6OS. The van der Waals surface area contributed by atoms with E-state index in [1.165, 1.54) is 17.3 Å². The van der Waals surface area contributed by atoms with Gasteiger partial charge >= 0.3 is 0 Å². The Morgan fingerprint density at radius 1 is 1.04 bits per heavy atom. The van der Waals surface area contributed by atoms with Crippen LogP contribution in [0.3, 0.4) is 0 Å². The standard InChI is InChI=1S/C20H22N6OS/c1-13-8-10-16(11-9-13)23-20-25-17(24-19(21)26-20)12-28-14(2)18(27)22-15-6-4-3-5-7-15/h3-11,14H,12H2,1-2H3,(H,22,27)(H3,21,23,24,25,26). The lowest BCUT2D eigenvalue weighted by atomic mass is 10.2. The lowest BCUT2D eigenvalue weighted by Gasteiger charge is -2.12. The van der Waals surface area contributed by atoms with Crippen LogP contribution in [0.4, 0.5) is 23.3 Å². The summed E-state index contributed by atoms with van der Waals surface area (Å²) in [5, 5.41) is 5.74. The van der Waals surface area contributed by atoms with Gasteiger partial charge in [0.15, 0.2) is 0 Å². The number of carbonyl (C=O) groups excluding carboxylic acids is 1. The molecule has 1 heterocycles. The molecular weight excluding hydrogens is 372 g/mol. The van der Waals surface area contributed by atoms with Crippen molar-refractivity contribution in [3.8, 4) is 0 Å². The van der Waals surface area contributed by atoms with E-state index in [2.05, 4.69) is 25.6 Å². The Hall–Kier alpha value is -3.13. The summed E-state index contributed by atoms with van der Waals surface area (Å²) in [6.45, 7) is 3.87. The number of nitrogen functional groups attached to an aromatic ring is 1. The molecule has 0 radical (unpaired) electrons. The number of thioether (sulfide) groups is 1. The molecule has 4 N–H and O–H groups in total. The second-order valence-electron chi connectivity index (χ2n) is 6.23. The number of anilines is 4. The Labute approximate surface area is 168 Å². The molecule has 144 valence electrons. The number of nitrogens with one attached hydrogen (secondary N) is 2. The van der Waals surface area contributed by atoms with Crippen LogP contribution in [-0.2, 0) is 10.5 Å². The van der Waals surface area contributed by atoms with Gasteiger partial charge in [0.2, 0.25) is 17.8 Å². The second kappa shape index (κ2) is 9.18.